The van der Waals surface area contributed by atoms with Crippen LogP contribution >= 0.6 is 38.5 Å². The highest BCUT2D eigenvalue weighted by Gasteiger charge is 2.16. The molecule has 21 heavy (non-hydrogen) atoms. The predicted octanol–water partition coefficient (Wildman–Crippen LogP) is 4.75. The number of hydrogen-bond donors (Lipinski definition) is 1. The average Bonchev–Trinajstić information content (AvgIpc) is 2.49. The Kier molecular flexibility index (Phi) is 4.59. The number of nitrogens with one attached hydrogen (secondary N) is 1. The summed E-state index contributed by atoms with van der Waals surface area (Å²) in [7, 11) is 0. The highest BCUT2D eigenvalue weighted by Crippen LogP contribution is 2.38. The number of aryl methyl sites for hydroxylation is 1. The van der Waals surface area contributed by atoms with Gasteiger partial charge >= 0.3 is 0 Å². The minimum absolute atomic E-state index is 0.602. The summed E-state index contributed by atoms with van der Waals surface area (Å²) in [4.78, 5) is 0. The maximum absolute atomic E-state index is 5.65. The molecule has 1 N–H and O–H groups in total. The van der Waals surface area contributed by atoms with Crippen LogP contribution < -0.4 is 14.8 Å². The molecule has 0 unspecified atom stereocenters. The number of hydrogen-bond acceptors (Lipinski definition) is 3. The summed E-state index contributed by atoms with van der Waals surface area (Å²) >= 11 is 5.90. The topological polar surface area (TPSA) is 30.5 Å². The van der Waals surface area contributed by atoms with Gasteiger partial charge in [0.2, 0.25) is 0 Å². The maximum atomic E-state index is 5.65. The predicted molar refractivity (Wildman–Crippen MR) is 96.4 cm³/mol. The van der Waals surface area contributed by atoms with Crippen molar-refractivity contribution in [2.75, 3.05) is 18.5 Å². The largest absolute Gasteiger partial charge is 0.486 e. The van der Waals surface area contributed by atoms with Crippen LogP contribution in [-0.2, 0) is 6.54 Å². The minimum Gasteiger partial charge on any atom is -0.486 e. The minimum atomic E-state index is 0.602. The quantitative estimate of drug-likeness (QED) is 0.672. The van der Waals surface area contributed by atoms with E-state index in [1.165, 1.54) is 9.13 Å². The SMILES string of the molecule is Cc1ccc(NCc2cc(Br)c3c(c2)OCCO3)cc1I. The summed E-state index contributed by atoms with van der Waals surface area (Å²) in [5.74, 6) is 1.61. The Morgan fingerprint density at radius 3 is 2.81 bits per heavy atom. The molecule has 1 heterocycles. The lowest BCUT2D eigenvalue weighted by atomic mass is 10.1. The van der Waals surface area contributed by atoms with Gasteiger partial charge in [0.25, 0.3) is 0 Å². The van der Waals surface area contributed by atoms with Crippen LogP contribution in [0.4, 0.5) is 5.69 Å². The van der Waals surface area contributed by atoms with Crippen molar-refractivity contribution in [2.24, 2.45) is 0 Å². The maximum Gasteiger partial charge on any atom is 0.175 e. The molecule has 1 aliphatic rings. The van der Waals surface area contributed by atoms with E-state index in [2.05, 4.69) is 75.0 Å². The van der Waals surface area contributed by atoms with Crippen LogP contribution in [0.3, 0.4) is 0 Å². The molecule has 0 fully saturated rings. The molecule has 0 amide bonds. The second kappa shape index (κ2) is 6.44. The van der Waals surface area contributed by atoms with Crippen LogP contribution in [-0.4, -0.2) is 13.2 Å². The van der Waals surface area contributed by atoms with E-state index in [1.807, 2.05) is 6.07 Å². The summed E-state index contributed by atoms with van der Waals surface area (Å²) < 4.78 is 13.5. The fourth-order valence-corrected chi connectivity index (χ4v) is 3.29. The molecule has 2 aromatic carbocycles. The number of ether oxygens (including phenoxy) is 2. The molecule has 110 valence electrons. The van der Waals surface area contributed by atoms with E-state index in [1.54, 1.807) is 0 Å². The first-order valence-corrected chi connectivity index (χ1v) is 8.59. The molecule has 0 radical (unpaired) electrons. The van der Waals surface area contributed by atoms with E-state index >= 15 is 0 Å². The molecule has 5 heteroatoms. The summed E-state index contributed by atoms with van der Waals surface area (Å²) in [5.41, 5.74) is 3.57. The highest BCUT2D eigenvalue weighted by atomic mass is 127. The highest BCUT2D eigenvalue weighted by molar-refractivity contribution is 14.1. The average molecular weight is 460 g/mol. The molecule has 2 aromatic rings. The lowest BCUT2D eigenvalue weighted by Crippen LogP contribution is -2.16. The molecule has 0 atom stereocenters. The number of rotatable bonds is 3. The van der Waals surface area contributed by atoms with Gasteiger partial charge in [0.05, 0.1) is 4.47 Å². The monoisotopic (exact) mass is 459 g/mol. The van der Waals surface area contributed by atoms with Crippen molar-refractivity contribution in [3.63, 3.8) is 0 Å². The fraction of sp³-hybridized carbons (Fsp3) is 0.250. The molecule has 0 saturated heterocycles. The number of benzene rings is 2. The first-order chi connectivity index (χ1) is 10.1. The Morgan fingerprint density at radius 1 is 1.19 bits per heavy atom. The van der Waals surface area contributed by atoms with Crippen LogP contribution in [0.25, 0.3) is 0 Å². The zero-order valence-corrected chi connectivity index (χ0v) is 15.3. The third-order valence-electron chi connectivity index (χ3n) is 3.33. The zero-order chi connectivity index (χ0) is 14.8. The standard InChI is InChI=1S/C16H15BrINO2/c1-10-2-3-12(8-14(10)18)19-9-11-6-13(17)16-15(7-11)20-4-5-21-16/h2-3,6-8,19H,4-5,9H2,1H3. The van der Waals surface area contributed by atoms with Crippen LogP contribution in [0, 0.1) is 10.5 Å². The van der Waals surface area contributed by atoms with Crippen molar-refractivity contribution in [2.45, 2.75) is 13.5 Å². The lowest BCUT2D eigenvalue weighted by Gasteiger charge is -2.20. The molecular weight excluding hydrogens is 445 g/mol. The van der Waals surface area contributed by atoms with Gasteiger partial charge in [-0.25, -0.2) is 0 Å². The molecule has 0 spiro atoms. The van der Waals surface area contributed by atoms with Gasteiger partial charge in [0.1, 0.15) is 13.2 Å². The Labute approximate surface area is 146 Å². The third-order valence-corrected chi connectivity index (χ3v) is 5.08. The van der Waals surface area contributed by atoms with Crippen LogP contribution in [0.1, 0.15) is 11.1 Å². The molecule has 0 bridgehead atoms. The summed E-state index contributed by atoms with van der Waals surface area (Å²) in [6.07, 6.45) is 0. The van der Waals surface area contributed by atoms with Gasteiger partial charge in [-0.2, -0.15) is 0 Å². The van der Waals surface area contributed by atoms with Crippen molar-refractivity contribution in [3.05, 3.63) is 49.5 Å². The molecular formula is C16H15BrINO2. The van der Waals surface area contributed by atoms with E-state index in [0.717, 1.165) is 33.8 Å². The van der Waals surface area contributed by atoms with Gasteiger partial charge in [-0.3, -0.25) is 0 Å². The van der Waals surface area contributed by atoms with Gasteiger partial charge in [-0.15, -0.1) is 0 Å². The van der Waals surface area contributed by atoms with E-state index in [9.17, 15) is 0 Å². The summed E-state index contributed by atoms with van der Waals surface area (Å²) in [5, 5.41) is 3.44. The molecule has 0 saturated carbocycles. The van der Waals surface area contributed by atoms with E-state index in [-0.39, 0.29) is 0 Å². The van der Waals surface area contributed by atoms with Gasteiger partial charge < -0.3 is 14.8 Å². The molecule has 3 rings (SSSR count). The van der Waals surface area contributed by atoms with Crippen molar-refractivity contribution in [3.8, 4) is 11.5 Å². The molecule has 3 nitrogen and oxygen atoms in total. The first-order valence-electron chi connectivity index (χ1n) is 6.71. The Balaban J connectivity index is 1.76. The van der Waals surface area contributed by atoms with E-state index in [0.29, 0.717) is 13.2 Å². The number of halogens is 2. The van der Waals surface area contributed by atoms with Crippen molar-refractivity contribution >= 4 is 44.2 Å². The lowest BCUT2D eigenvalue weighted by molar-refractivity contribution is 0.170. The smallest absolute Gasteiger partial charge is 0.175 e. The van der Waals surface area contributed by atoms with Gasteiger partial charge in [0.15, 0.2) is 11.5 Å². The third kappa shape index (κ3) is 3.45. The van der Waals surface area contributed by atoms with E-state index in [4.69, 9.17) is 9.47 Å². The van der Waals surface area contributed by atoms with E-state index < -0.39 is 0 Å². The van der Waals surface area contributed by atoms with Crippen molar-refractivity contribution in [1.29, 1.82) is 0 Å². The Hall–Kier alpha value is -0.950. The zero-order valence-electron chi connectivity index (χ0n) is 11.6. The van der Waals surface area contributed by atoms with Crippen LogP contribution in [0.2, 0.25) is 0 Å². The number of fused-ring (bicyclic) bond motifs is 1. The molecule has 0 aliphatic carbocycles. The normalized spacial score (nSPS) is 13.1. The van der Waals surface area contributed by atoms with Crippen LogP contribution in [0.15, 0.2) is 34.8 Å². The fourth-order valence-electron chi connectivity index (χ4n) is 2.17. The van der Waals surface area contributed by atoms with Crippen molar-refractivity contribution < 1.29 is 9.47 Å². The van der Waals surface area contributed by atoms with Crippen molar-refractivity contribution in [1.82, 2.24) is 0 Å². The second-order valence-corrected chi connectivity index (χ2v) is 6.94. The number of anilines is 1. The first kappa shape index (κ1) is 15.0. The Morgan fingerprint density at radius 2 is 2.00 bits per heavy atom. The summed E-state index contributed by atoms with van der Waals surface area (Å²) in [6, 6.07) is 10.5. The van der Waals surface area contributed by atoms with Gasteiger partial charge in [0, 0.05) is 15.8 Å². The van der Waals surface area contributed by atoms with Crippen LogP contribution in [0.5, 0.6) is 11.5 Å². The van der Waals surface area contributed by atoms with Gasteiger partial charge in [-0.05, 0) is 80.8 Å². The molecule has 0 aromatic heterocycles. The molecule has 1 aliphatic heterocycles. The Bertz CT molecular complexity index is 676. The van der Waals surface area contributed by atoms with Gasteiger partial charge in [-0.1, -0.05) is 6.07 Å². The second-order valence-electron chi connectivity index (χ2n) is 4.92. The summed E-state index contributed by atoms with van der Waals surface area (Å²) in [6.45, 7) is 4.06.